The largest absolute Gasteiger partial charge is 0.247 e. The molecule has 0 fully saturated rings. The molecule has 0 aromatic rings. The molecule has 0 aromatic carbocycles. The average molecular weight is 230 g/mol. The Morgan fingerprint density at radius 2 is 1.00 bits per heavy atom. The van der Waals surface area contributed by atoms with Gasteiger partial charge in [0.05, 0.1) is 0 Å². The molecule has 1 heteroatoms. The summed E-state index contributed by atoms with van der Waals surface area (Å²) in [5.41, 5.74) is 0. The molecule has 0 aromatic heterocycles. The first-order chi connectivity index (χ1) is 7.81. The van der Waals surface area contributed by atoms with Crippen LogP contribution in [0.15, 0.2) is 0 Å². The normalized spacial score (nSPS) is 11.2. The molecule has 0 bridgehead atoms. The summed E-state index contributed by atoms with van der Waals surface area (Å²) >= 11 is 0. The first-order valence-corrected chi connectivity index (χ1v) is 7.45. The molecule has 0 aliphatic rings. The van der Waals surface area contributed by atoms with Crippen LogP contribution in [0.2, 0.25) is 0 Å². The van der Waals surface area contributed by atoms with Crippen LogP contribution in [0.25, 0.3) is 0 Å². The fraction of sp³-hybridized carbons (Fsp3) is 1.00. The maximum absolute atomic E-state index is 13.4. The van der Waals surface area contributed by atoms with E-state index in [9.17, 15) is 4.39 Å². The molecule has 0 saturated heterocycles. The summed E-state index contributed by atoms with van der Waals surface area (Å²) in [5.74, 6) is 0. The van der Waals surface area contributed by atoms with Gasteiger partial charge < -0.3 is 0 Å². The van der Waals surface area contributed by atoms with E-state index in [2.05, 4.69) is 13.8 Å². The first kappa shape index (κ1) is 15.9. The fourth-order valence-electron chi connectivity index (χ4n) is 2.08. The Bertz CT molecular complexity index is 109. The van der Waals surface area contributed by atoms with Crippen LogP contribution in [0.3, 0.4) is 0 Å². The standard InChI is InChI=1S/C15H31F/c1-3-5-7-9-11-13-15(16)14-12-10-8-6-4-2/h15H,3-14H2,1-2H3. The smallest absolute Gasteiger partial charge is 0.100 e. The second-order valence-electron chi connectivity index (χ2n) is 5.00. The second-order valence-corrected chi connectivity index (χ2v) is 5.00. The molecular weight excluding hydrogens is 199 g/mol. The van der Waals surface area contributed by atoms with Crippen molar-refractivity contribution in [2.75, 3.05) is 0 Å². The van der Waals surface area contributed by atoms with Crippen molar-refractivity contribution < 1.29 is 4.39 Å². The van der Waals surface area contributed by atoms with Crippen LogP contribution in [-0.2, 0) is 0 Å². The third-order valence-electron chi connectivity index (χ3n) is 3.24. The maximum Gasteiger partial charge on any atom is 0.100 e. The SMILES string of the molecule is CCCCCCCC(F)CCCCCCC. The van der Waals surface area contributed by atoms with Crippen LogP contribution in [0.1, 0.15) is 90.9 Å². The van der Waals surface area contributed by atoms with Gasteiger partial charge in [0.15, 0.2) is 0 Å². The molecule has 0 radical (unpaired) electrons. The van der Waals surface area contributed by atoms with Crippen molar-refractivity contribution in [2.24, 2.45) is 0 Å². The summed E-state index contributed by atoms with van der Waals surface area (Å²) in [7, 11) is 0. The molecule has 0 aliphatic carbocycles. The third-order valence-corrected chi connectivity index (χ3v) is 3.24. The maximum atomic E-state index is 13.4. The summed E-state index contributed by atoms with van der Waals surface area (Å²) in [5, 5.41) is 0. The van der Waals surface area contributed by atoms with E-state index in [1.807, 2.05) is 0 Å². The molecule has 0 N–H and O–H groups in total. The van der Waals surface area contributed by atoms with Crippen LogP contribution < -0.4 is 0 Å². The van der Waals surface area contributed by atoms with Crippen LogP contribution in [0.5, 0.6) is 0 Å². The van der Waals surface area contributed by atoms with Crippen molar-refractivity contribution in [3.8, 4) is 0 Å². The molecule has 0 spiro atoms. The molecular formula is C15H31F. The van der Waals surface area contributed by atoms with Crippen molar-refractivity contribution in [1.29, 1.82) is 0 Å². The topological polar surface area (TPSA) is 0 Å². The van der Waals surface area contributed by atoms with Crippen molar-refractivity contribution in [3.05, 3.63) is 0 Å². The minimum Gasteiger partial charge on any atom is -0.247 e. The van der Waals surface area contributed by atoms with Gasteiger partial charge in [0.2, 0.25) is 0 Å². The van der Waals surface area contributed by atoms with Gasteiger partial charge in [0.1, 0.15) is 6.17 Å². The summed E-state index contributed by atoms with van der Waals surface area (Å²) in [6, 6.07) is 0. The molecule has 0 rings (SSSR count). The van der Waals surface area contributed by atoms with Gasteiger partial charge in [-0.15, -0.1) is 0 Å². The van der Waals surface area contributed by atoms with E-state index < -0.39 is 6.17 Å². The number of hydrogen-bond acceptors (Lipinski definition) is 0. The Morgan fingerprint density at radius 1 is 0.625 bits per heavy atom. The van der Waals surface area contributed by atoms with Gasteiger partial charge in [-0.25, -0.2) is 4.39 Å². The highest BCUT2D eigenvalue weighted by atomic mass is 19.1. The summed E-state index contributed by atoms with van der Waals surface area (Å²) < 4.78 is 13.4. The minimum absolute atomic E-state index is 0.525. The molecule has 0 aliphatic heterocycles. The first-order valence-electron chi connectivity index (χ1n) is 7.45. The molecule has 0 atom stereocenters. The average Bonchev–Trinajstić information content (AvgIpc) is 2.28. The Balaban J connectivity index is 3.09. The quantitative estimate of drug-likeness (QED) is 0.358. The lowest BCUT2D eigenvalue weighted by molar-refractivity contribution is 0.279. The zero-order valence-corrected chi connectivity index (χ0v) is 11.4. The van der Waals surface area contributed by atoms with Gasteiger partial charge >= 0.3 is 0 Å². The minimum atomic E-state index is -0.525. The monoisotopic (exact) mass is 230 g/mol. The van der Waals surface area contributed by atoms with E-state index in [0.29, 0.717) is 0 Å². The lowest BCUT2D eigenvalue weighted by Gasteiger charge is -2.07. The van der Waals surface area contributed by atoms with E-state index in [4.69, 9.17) is 0 Å². The Morgan fingerprint density at radius 3 is 1.38 bits per heavy atom. The Labute approximate surface area is 102 Å². The lowest BCUT2D eigenvalue weighted by Crippen LogP contribution is -1.99. The van der Waals surface area contributed by atoms with Gasteiger partial charge in [0, 0.05) is 0 Å². The molecule has 0 saturated carbocycles. The van der Waals surface area contributed by atoms with E-state index in [1.165, 1.54) is 51.4 Å². The number of hydrogen-bond donors (Lipinski definition) is 0. The van der Waals surface area contributed by atoms with Gasteiger partial charge in [-0.3, -0.25) is 0 Å². The summed E-state index contributed by atoms with van der Waals surface area (Å²) in [4.78, 5) is 0. The number of unbranched alkanes of at least 4 members (excludes halogenated alkanes) is 8. The number of halogens is 1. The molecule has 16 heavy (non-hydrogen) atoms. The number of rotatable bonds is 12. The molecule has 0 unspecified atom stereocenters. The van der Waals surface area contributed by atoms with Gasteiger partial charge in [-0.2, -0.15) is 0 Å². The highest BCUT2D eigenvalue weighted by Crippen LogP contribution is 2.15. The molecule has 0 heterocycles. The Kier molecular flexibility index (Phi) is 12.9. The van der Waals surface area contributed by atoms with E-state index in [-0.39, 0.29) is 0 Å². The van der Waals surface area contributed by atoms with Crippen LogP contribution in [-0.4, -0.2) is 6.17 Å². The molecule has 0 nitrogen and oxygen atoms in total. The summed E-state index contributed by atoms with van der Waals surface area (Å²) in [6.07, 6.45) is 13.5. The zero-order chi connectivity index (χ0) is 12.1. The molecule has 0 amide bonds. The zero-order valence-electron chi connectivity index (χ0n) is 11.4. The van der Waals surface area contributed by atoms with E-state index >= 15 is 0 Å². The van der Waals surface area contributed by atoms with Crippen LogP contribution in [0, 0.1) is 0 Å². The van der Waals surface area contributed by atoms with Crippen molar-refractivity contribution >= 4 is 0 Å². The van der Waals surface area contributed by atoms with Crippen LogP contribution >= 0.6 is 0 Å². The Hall–Kier alpha value is -0.0700. The molecule has 98 valence electrons. The van der Waals surface area contributed by atoms with Crippen molar-refractivity contribution in [1.82, 2.24) is 0 Å². The van der Waals surface area contributed by atoms with E-state index in [1.54, 1.807) is 0 Å². The lowest BCUT2D eigenvalue weighted by atomic mass is 10.0. The van der Waals surface area contributed by atoms with Crippen molar-refractivity contribution in [2.45, 2.75) is 97.1 Å². The fourth-order valence-corrected chi connectivity index (χ4v) is 2.08. The third kappa shape index (κ3) is 12.0. The van der Waals surface area contributed by atoms with Crippen molar-refractivity contribution in [3.63, 3.8) is 0 Å². The second kappa shape index (κ2) is 13.0. The number of alkyl halides is 1. The summed E-state index contributed by atoms with van der Waals surface area (Å²) in [6.45, 7) is 4.43. The predicted octanol–water partition coefficient (Wildman–Crippen LogP) is 6.05. The highest BCUT2D eigenvalue weighted by Gasteiger charge is 2.05. The van der Waals surface area contributed by atoms with Crippen LogP contribution in [0.4, 0.5) is 4.39 Å². The van der Waals surface area contributed by atoms with E-state index in [0.717, 1.165) is 25.7 Å². The predicted molar refractivity (Wildman–Crippen MR) is 71.6 cm³/mol. The van der Waals surface area contributed by atoms with Gasteiger partial charge in [0.25, 0.3) is 0 Å². The highest BCUT2D eigenvalue weighted by molar-refractivity contribution is 4.57. The van der Waals surface area contributed by atoms with Gasteiger partial charge in [-0.1, -0.05) is 78.1 Å². The van der Waals surface area contributed by atoms with Gasteiger partial charge in [-0.05, 0) is 12.8 Å².